The van der Waals surface area contributed by atoms with Crippen molar-refractivity contribution in [2.24, 2.45) is 0 Å². The molecule has 6 nitrogen and oxygen atoms in total. The van der Waals surface area contributed by atoms with E-state index in [1.54, 1.807) is 26.0 Å². The highest BCUT2D eigenvalue weighted by Crippen LogP contribution is 2.17. The van der Waals surface area contributed by atoms with E-state index in [0.29, 0.717) is 18.2 Å². The highest BCUT2D eigenvalue weighted by atomic mass is 32.2. The summed E-state index contributed by atoms with van der Waals surface area (Å²) in [5.74, 6) is 0.344. The molecule has 0 aromatic heterocycles. The lowest BCUT2D eigenvalue weighted by Crippen LogP contribution is -2.39. The number of sulfonamides is 1. The highest BCUT2D eigenvalue weighted by molar-refractivity contribution is 7.89. The molecule has 0 unspecified atom stereocenters. The number of benzene rings is 2. The zero-order chi connectivity index (χ0) is 22.5. The van der Waals surface area contributed by atoms with E-state index in [1.165, 1.54) is 17.7 Å². The van der Waals surface area contributed by atoms with E-state index in [1.807, 2.05) is 18.9 Å². The number of hydrogen-bond acceptors (Lipinski definition) is 4. The predicted molar refractivity (Wildman–Crippen MR) is 122 cm³/mol. The van der Waals surface area contributed by atoms with Crippen LogP contribution in [-0.2, 0) is 21.4 Å². The Balaban J connectivity index is 1.97. The van der Waals surface area contributed by atoms with Crippen LogP contribution < -0.4 is 10.0 Å². The molecule has 2 rings (SSSR count). The molecule has 0 fully saturated rings. The minimum Gasteiger partial charge on any atom is -0.325 e. The number of carbonyl (C=O) groups is 1. The van der Waals surface area contributed by atoms with E-state index < -0.39 is 10.0 Å². The zero-order valence-corrected chi connectivity index (χ0v) is 19.5. The number of nitrogens with one attached hydrogen (secondary N) is 2. The van der Waals surface area contributed by atoms with Crippen LogP contribution in [0.5, 0.6) is 0 Å². The summed E-state index contributed by atoms with van der Waals surface area (Å²) in [4.78, 5) is 14.8. The molecule has 0 saturated carbocycles. The van der Waals surface area contributed by atoms with Crippen LogP contribution in [-0.4, -0.2) is 38.4 Å². The van der Waals surface area contributed by atoms with Crippen molar-refractivity contribution in [2.45, 2.75) is 64.1 Å². The summed E-state index contributed by atoms with van der Waals surface area (Å²) in [6, 6.07) is 14.1. The summed E-state index contributed by atoms with van der Waals surface area (Å²) in [5.41, 5.74) is 3.00. The van der Waals surface area contributed by atoms with E-state index in [2.05, 4.69) is 48.2 Å². The van der Waals surface area contributed by atoms with Crippen LogP contribution >= 0.6 is 0 Å². The Morgan fingerprint density at radius 3 is 2.00 bits per heavy atom. The molecule has 0 aliphatic carbocycles. The monoisotopic (exact) mass is 431 g/mol. The van der Waals surface area contributed by atoms with Gasteiger partial charge in [0, 0.05) is 18.3 Å². The molecule has 0 spiro atoms. The molecule has 0 saturated heterocycles. The fraction of sp³-hybridized carbons (Fsp3) is 0.435. The molecule has 2 aromatic carbocycles. The molecule has 0 aliphatic heterocycles. The fourth-order valence-corrected chi connectivity index (χ4v) is 4.23. The second-order valence-electron chi connectivity index (χ2n) is 8.28. The lowest BCUT2D eigenvalue weighted by atomic mass is 10.0. The van der Waals surface area contributed by atoms with Crippen LogP contribution in [0.25, 0.3) is 0 Å². The van der Waals surface area contributed by atoms with E-state index in [-0.39, 0.29) is 22.9 Å². The molecule has 1 amide bonds. The molecule has 7 heteroatoms. The lowest BCUT2D eigenvalue weighted by Gasteiger charge is -2.24. The summed E-state index contributed by atoms with van der Waals surface area (Å²) in [5, 5.41) is 2.86. The number of carbonyl (C=O) groups excluding carboxylic acids is 1. The van der Waals surface area contributed by atoms with Crippen LogP contribution in [0.1, 0.15) is 51.7 Å². The number of anilines is 1. The van der Waals surface area contributed by atoms with Crippen molar-refractivity contribution in [3.8, 4) is 0 Å². The minimum absolute atomic E-state index is 0.146. The summed E-state index contributed by atoms with van der Waals surface area (Å²) >= 11 is 0. The van der Waals surface area contributed by atoms with E-state index in [9.17, 15) is 13.2 Å². The van der Waals surface area contributed by atoms with Gasteiger partial charge in [0.1, 0.15) is 0 Å². The van der Waals surface area contributed by atoms with Crippen molar-refractivity contribution < 1.29 is 13.2 Å². The second kappa shape index (κ2) is 10.2. The maximum absolute atomic E-state index is 12.6. The van der Waals surface area contributed by atoms with Crippen molar-refractivity contribution >= 4 is 21.6 Å². The van der Waals surface area contributed by atoms with Gasteiger partial charge in [-0.25, -0.2) is 13.1 Å². The molecule has 2 aromatic rings. The van der Waals surface area contributed by atoms with Crippen LogP contribution in [0.15, 0.2) is 53.4 Å². The summed E-state index contributed by atoms with van der Waals surface area (Å²) < 4.78 is 26.9. The molecule has 0 radical (unpaired) electrons. The van der Waals surface area contributed by atoms with Gasteiger partial charge in [-0.15, -0.1) is 0 Å². The van der Waals surface area contributed by atoms with Gasteiger partial charge in [-0.2, -0.15) is 0 Å². The standard InChI is InChI=1S/C23H33N3O3S/c1-16(2)20-9-7-19(8-10-20)15-26(6)18(5)23(27)24-21-11-13-22(14-12-21)30(28,29)25-17(3)4/h7-14,16-18,25H,15H2,1-6H3,(H,24,27)/t18-/m1/s1. The molecular formula is C23H33N3O3S. The number of amides is 1. The minimum atomic E-state index is -3.55. The molecule has 30 heavy (non-hydrogen) atoms. The summed E-state index contributed by atoms with van der Waals surface area (Å²) in [7, 11) is -1.64. The molecule has 1 atom stereocenters. The van der Waals surface area contributed by atoms with Crippen LogP contribution in [0.4, 0.5) is 5.69 Å². The Morgan fingerprint density at radius 1 is 0.933 bits per heavy atom. The van der Waals surface area contributed by atoms with Gasteiger partial charge in [-0.1, -0.05) is 38.1 Å². The first kappa shape index (κ1) is 24.1. The third-order valence-electron chi connectivity index (χ3n) is 4.94. The molecule has 0 heterocycles. The Kier molecular flexibility index (Phi) is 8.18. The lowest BCUT2D eigenvalue weighted by molar-refractivity contribution is -0.120. The van der Waals surface area contributed by atoms with Crippen molar-refractivity contribution in [3.05, 3.63) is 59.7 Å². The molecule has 164 valence electrons. The first-order valence-corrected chi connectivity index (χ1v) is 11.7. The molecular weight excluding hydrogens is 398 g/mol. The SMILES string of the molecule is CC(C)NS(=O)(=O)c1ccc(NC(=O)[C@@H](C)N(C)Cc2ccc(C(C)C)cc2)cc1. The Morgan fingerprint density at radius 2 is 1.50 bits per heavy atom. The maximum atomic E-state index is 12.6. The van der Waals surface area contributed by atoms with Gasteiger partial charge in [-0.05, 0) is 69.1 Å². The van der Waals surface area contributed by atoms with Gasteiger partial charge in [0.05, 0.1) is 10.9 Å². The zero-order valence-electron chi connectivity index (χ0n) is 18.6. The Labute approximate surface area is 180 Å². The van der Waals surface area contributed by atoms with Gasteiger partial charge < -0.3 is 5.32 Å². The predicted octanol–water partition coefficient (Wildman–Crippen LogP) is 3.96. The highest BCUT2D eigenvalue weighted by Gasteiger charge is 2.19. The molecule has 2 N–H and O–H groups in total. The summed E-state index contributed by atoms with van der Waals surface area (Å²) in [6.45, 7) is 10.4. The third-order valence-corrected chi connectivity index (χ3v) is 6.62. The molecule has 0 bridgehead atoms. The average molecular weight is 432 g/mol. The van der Waals surface area contributed by atoms with E-state index in [0.717, 1.165) is 5.56 Å². The number of likely N-dealkylation sites (N-methyl/N-ethyl adjacent to an activating group) is 1. The topological polar surface area (TPSA) is 78.5 Å². The first-order chi connectivity index (χ1) is 14.0. The van der Waals surface area contributed by atoms with Gasteiger partial charge in [-0.3, -0.25) is 9.69 Å². The first-order valence-electron chi connectivity index (χ1n) is 10.2. The molecule has 0 aliphatic rings. The van der Waals surface area contributed by atoms with Crippen molar-refractivity contribution in [1.82, 2.24) is 9.62 Å². The van der Waals surface area contributed by atoms with Crippen molar-refractivity contribution in [2.75, 3.05) is 12.4 Å². The van der Waals surface area contributed by atoms with Crippen molar-refractivity contribution in [3.63, 3.8) is 0 Å². The van der Waals surface area contributed by atoms with Crippen LogP contribution in [0, 0.1) is 0 Å². The van der Waals surface area contributed by atoms with Crippen LogP contribution in [0.2, 0.25) is 0 Å². The van der Waals surface area contributed by atoms with Crippen LogP contribution in [0.3, 0.4) is 0 Å². The number of nitrogens with zero attached hydrogens (tertiary/aromatic N) is 1. The van der Waals surface area contributed by atoms with Gasteiger partial charge in [0.2, 0.25) is 15.9 Å². The Hall–Kier alpha value is -2.22. The largest absolute Gasteiger partial charge is 0.325 e. The van der Waals surface area contributed by atoms with Gasteiger partial charge >= 0.3 is 0 Å². The fourth-order valence-electron chi connectivity index (χ4n) is 2.98. The van der Waals surface area contributed by atoms with E-state index >= 15 is 0 Å². The van der Waals surface area contributed by atoms with Crippen molar-refractivity contribution in [1.29, 1.82) is 0 Å². The smallest absolute Gasteiger partial charge is 0.241 e. The van der Waals surface area contributed by atoms with Gasteiger partial charge in [0.15, 0.2) is 0 Å². The summed E-state index contributed by atoms with van der Waals surface area (Å²) in [6.07, 6.45) is 0. The Bertz CT molecular complexity index is 937. The quantitative estimate of drug-likeness (QED) is 0.630. The number of hydrogen-bond donors (Lipinski definition) is 2. The average Bonchev–Trinajstić information content (AvgIpc) is 2.67. The third kappa shape index (κ3) is 6.65. The van der Waals surface area contributed by atoms with Gasteiger partial charge in [0.25, 0.3) is 0 Å². The second-order valence-corrected chi connectivity index (χ2v) is 9.99. The van der Waals surface area contributed by atoms with E-state index in [4.69, 9.17) is 0 Å². The maximum Gasteiger partial charge on any atom is 0.241 e. The number of rotatable bonds is 9. The normalized spacial score (nSPS) is 13.1.